The maximum atomic E-state index is 12.3. The fraction of sp³-hybridized carbons (Fsp3) is 0.120. The lowest BCUT2D eigenvalue weighted by atomic mass is 10.1. The number of hydrogen-bond donors (Lipinski definition) is 1. The van der Waals surface area contributed by atoms with Gasteiger partial charge in [0, 0.05) is 11.8 Å². The molecule has 9 nitrogen and oxygen atoms in total. The number of halogens is 3. The van der Waals surface area contributed by atoms with E-state index in [0.717, 1.165) is 23.3 Å². The number of aryl methyl sites for hydroxylation is 1. The molecule has 38 heavy (non-hydrogen) atoms. The molecule has 13 heteroatoms. The Morgan fingerprint density at radius 3 is 2.55 bits per heavy atom. The first-order valence-corrected chi connectivity index (χ1v) is 12.0. The highest BCUT2D eigenvalue weighted by Gasteiger charge is 2.32. The molecule has 0 atom stereocenters. The molecule has 2 N–H and O–H groups in total. The molecule has 1 saturated heterocycles. The number of amides is 1. The van der Waals surface area contributed by atoms with Crippen LogP contribution in [-0.2, 0) is 4.79 Å². The van der Waals surface area contributed by atoms with Gasteiger partial charge in [-0.25, -0.2) is 19.9 Å². The lowest BCUT2D eigenvalue weighted by molar-refractivity contribution is -0.274. The summed E-state index contributed by atoms with van der Waals surface area (Å²) in [4.78, 5) is 26.2. The first-order chi connectivity index (χ1) is 18.2. The van der Waals surface area contributed by atoms with Gasteiger partial charge in [0.2, 0.25) is 5.91 Å². The van der Waals surface area contributed by atoms with Crippen molar-refractivity contribution in [3.63, 3.8) is 0 Å². The number of alkyl halides is 3. The molecule has 3 aromatic rings. The Morgan fingerprint density at radius 2 is 1.87 bits per heavy atom. The minimum absolute atomic E-state index is 0.110. The highest BCUT2D eigenvalue weighted by atomic mass is 32.2. The summed E-state index contributed by atoms with van der Waals surface area (Å²) in [6, 6.07) is 15.7. The fourth-order valence-corrected chi connectivity index (χ4v) is 4.01. The summed E-state index contributed by atoms with van der Waals surface area (Å²) >= 11 is 1.29. The van der Waals surface area contributed by atoms with Crippen molar-refractivity contribution in [1.82, 2.24) is 4.98 Å². The Bertz CT molecular complexity index is 1420. The number of thioether (sulfide) groups is 1. The van der Waals surface area contributed by atoms with Gasteiger partial charge >= 0.3 is 6.36 Å². The third kappa shape index (κ3) is 7.03. The van der Waals surface area contributed by atoms with Gasteiger partial charge in [-0.2, -0.15) is 5.10 Å². The minimum Gasteiger partial charge on any atom is -0.406 e. The van der Waals surface area contributed by atoms with Crippen molar-refractivity contribution in [3.8, 4) is 5.75 Å². The zero-order valence-corrected chi connectivity index (χ0v) is 20.6. The number of aliphatic imine (C=N–C) groups is 2. The van der Waals surface area contributed by atoms with Crippen LogP contribution in [0.25, 0.3) is 0 Å². The molecule has 0 spiro atoms. The third-order valence-corrected chi connectivity index (χ3v) is 5.90. The van der Waals surface area contributed by atoms with E-state index in [2.05, 4.69) is 29.9 Å². The van der Waals surface area contributed by atoms with Gasteiger partial charge in [0.1, 0.15) is 23.7 Å². The van der Waals surface area contributed by atoms with Crippen LogP contribution >= 0.6 is 11.8 Å². The topological polar surface area (TPSA) is 118 Å². The Balaban J connectivity index is 1.38. The largest absolute Gasteiger partial charge is 0.573 e. The van der Waals surface area contributed by atoms with Gasteiger partial charge in [-0.1, -0.05) is 42.1 Å². The summed E-state index contributed by atoms with van der Waals surface area (Å²) in [6.45, 7) is 1.87. The lowest BCUT2D eigenvalue weighted by Crippen LogP contribution is -2.30. The average Bonchev–Trinajstić information content (AvgIpc) is 3.24. The number of carbonyl (C=O) groups is 1. The predicted molar refractivity (Wildman–Crippen MR) is 142 cm³/mol. The van der Waals surface area contributed by atoms with Crippen molar-refractivity contribution in [2.45, 2.75) is 13.3 Å². The molecule has 2 heterocycles. The number of benzene rings is 2. The van der Waals surface area contributed by atoms with E-state index in [4.69, 9.17) is 5.73 Å². The number of nitrogens with two attached hydrogens (primary N) is 1. The van der Waals surface area contributed by atoms with Crippen LogP contribution in [0.5, 0.6) is 5.75 Å². The van der Waals surface area contributed by atoms with Crippen LogP contribution in [0.3, 0.4) is 0 Å². The molecule has 4 rings (SSSR count). The summed E-state index contributed by atoms with van der Waals surface area (Å²) in [5.41, 5.74) is 8.60. The maximum absolute atomic E-state index is 12.3. The number of aromatic nitrogens is 1. The third-order valence-electron chi connectivity index (χ3n) is 4.99. The van der Waals surface area contributed by atoms with E-state index in [1.54, 1.807) is 42.7 Å². The Hall–Kier alpha value is -4.52. The Morgan fingerprint density at radius 1 is 1.13 bits per heavy atom. The SMILES string of the molecule is Cc1cccnc1N1C(=O)CS/C1=N/N=C\c1ccc(C(N)=NC=Nc2ccc(OC(F)(F)F)cc2)cc1. The van der Waals surface area contributed by atoms with E-state index in [1.165, 1.54) is 35.1 Å². The molecule has 0 aliphatic carbocycles. The average molecular weight is 540 g/mol. The number of carbonyl (C=O) groups excluding carboxylic acids is 1. The van der Waals surface area contributed by atoms with Gasteiger partial charge in [-0.3, -0.25) is 4.79 Å². The second kappa shape index (κ2) is 11.7. The monoisotopic (exact) mass is 539 g/mol. The van der Waals surface area contributed by atoms with E-state index in [-0.39, 0.29) is 23.2 Å². The minimum atomic E-state index is -4.76. The molecule has 0 radical (unpaired) electrons. The number of ether oxygens (including phenoxy) is 1. The van der Waals surface area contributed by atoms with Crippen LogP contribution in [0.15, 0.2) is 87.0 Å². The smallest absolute Gasteiger partial charge is 0.406 e. The number of nitrogens with zero attached hydrogens (tertiary/aromatic N) is 6. The molecular formula is C25H20F3N7O2S. The summed E-state index contributed by atoms with van der Waals surface area (Å²) in [5, 5.41) is 8.76. The van der Waals surface area contributed by atoms with Crippen LogP contribution in [-0.4, -0.2) is 46.6 Å². The first-order valence-electron chi connectivity index (χ1n) is 11.0. The second-order valence-corrected chi connectivity index (χ2v) is 8.65. The molecule has 1 fully saturated rings. The van der Waals surface area contributed by atoms with Gasteiger partial charge < -0.3 is 10.5 Å². The summed E-state index contributed by atoms with van der Waals surface area (Å²) in [5.74, 6) is 0.536. The molecule has 2 aromatic carbocycles. The van der Waals surface area contributed by atoms with Crippen LogP contribution in [0, 0.1) is 6.92 Å². The molecular weight excluding hydrogens is 519 g/mol. The van der Waals surface area contributed by atoms with Gasteiger partial charge in [-0.15, -0.1) is 18.3 Å². The number of amidine groups is 2. The van der Waals surface area contributed by atoms with Gasteiger partial charge in [-0.05, 0) is 48.4 Å². The maximum Gasteiger partial charge on any atom is 0.573 e. The Labute approximate surface area is 219 Å². The van der Waals surface area contributed by atoms with Crippen LogP contribution in [0.1, 0.15) is 16.7 Å². The van der Waals surface area contributed by atoms with E-state index in [0.29, 0.717) is 22.2 Å². The van der Waals surface area contributed by atoms with Gasteiger partial charge in [0.15, 0.2) is 5.17 Å². The molecule has 1 aromatic heterocycles. The fourth-order valence-electron chi connectivity index (χ4n) is 3.21. The van der Waals surface area contributed by atoms with Crippen molar-refractivity contribution in [1.29, 1.82) is 0 Å². The molecule has 0 unspecified atom stereocenters. The van der Waals surface area contributed by atoms with E-state index >= 15 is 0 Å². The lowest BCUT2D eigenvalue weighted by Gasteiger charge is -2.15. The molecule has 1 aliphatic heterocycles. The summed E-state index contributed by atoms with van der Waals surface area (Å²) < 4.78 is 40.5. The zero-order chi connectivity index (χ0) is 27.1. The van der Waals surface area contributed by atoms with E-state index < -0.39 is 6.36 Å². The molecule has 194 valence electrons. The normalized spacial score (nSPS) is 15.8. The molecule has 0 saturated carbocycles. The standard InChI is InChI=1S/C25H20F3N7O2S/c1-16-3-2-12-30-23(16)35-21(36)14-38-24(35)34-33-13-17-4-6-18(7-5-17)22(29)32-15-31-19-8-10-20(11-9-19)37-25(26,27)28/h2-13,15H,14H2,1H3,(H2,29,31,32)/b33-13-,34-24+. The van der Waals surface area contributed by atoms with Crippen molar-refractivity contribution in [3.05, 3.63) is 83.6 Å². The van der Waals surface area contributed by atoms with Crippen LogP contribution < -0.4 is 15.4 Å². The first kappa shape index (κ1) is 26.5. The second-order valence-electron chi connectivity index (χ2n) is 7.71. The van der Waals surface area contributed by atoms with Crippen molar-refractivity contribution in [2.75, 3.05) is 10.7 Å². The highest BCUT2D eigenvalue weighted by Crippen LogP contribution is 2.27. The highest BCUT2D eigenvalue weighted by molar-refractivity contribution is 8.15. The van der Waals surface area contributed by atoms with Gasteiger partial charge in [0.25, 0.3) is 0 Å². The number of rotatable bonds is 7. The number of pyridine rings is 1. The van der Waals surface area contributed by atoms with Crippen molar-refractivity contribution < 1.29 is 22.7 Å². The van der Waals surface area contributed by atoms with Crippen LogP contribution in [0.4, 0.5) is 24.7 Å². The van der Waals surface area contributed by atoms with Crippen molar-refractivity contribution in [2.24, 2.45) is 25.9 Å². The Kier molecular flexibility index (Phi) is 8.16. The number of anilines is 1. The zero-order valence-electron chi connectivity index (χ0n) is 19.8. The van der Waals surface area contributed by atoms with Crippen LogP contribution in [0.2, 0.25) is 0 Å². The van der Waals surface area contributed by atoms with E-state index in [1.807, 2.05) is 13.0 Å². The van der Waals surface area contributed by atoms with E-state index in [9.17, 15) is 18.0 Å². The summed E-state index contributed by atoms with van der Waals surface area (Å²) in [7, 11) is 0. The number of hydrogen-bond acceptors (Lipinski definition) is 7. The predicted octanol–water partition coefficient (Wildman–Crippen LogP) is 4.82. The molecule has 1 aliphatic rings. The quantitative estimate of drug-likeness (QED) is 0.262. The molecule has 0 bridgehead atoms. The van der Waals surface area contributed by atoms with Crippen molar-refractivity contribution >= 4 is 52.7 Å². The van der Waals surface area contributed by atoms with Gasteiger partial charge in [0.05, 0.1) is 17.7 Å². The summed E-state index contributed by atoms with van der Waals surface area (Å²) in [6.07, 6.45) is -0.383. The molecule has 1 amide bonds.